The Bertz CT molecular complexity index is 2910. The molecule has 3 saturated carbocycles. The number of nitrogens with zero attached hydrogens (tertiary/aromatic N) is 4. The first-order chi connectivity index (χ1) is 29.8. The van der Waals surface area contributed by atoms with Crippen LogP contribution in [0.3, 0.4) is 0 Å². The van der Waals surface area contributed by atoms with Crippen LogP contribution in [0, 0.1) is 35.3 Å². The summed E-state index contributed by atoms with van der Waals surface area (Å²) in [5.74, 6) is -4.33. The molecular weight excluding hydrogens is 922 g/mol. The van der Waals surface area contributed by atoms with Gasteiger partial charge in [0.05, 0.1) is 38.6 Å². The number of sulfonamides is 1. The molecule has 4 N–H and O–H groups in total. The highest BCUT2D eigenvalue weighted by Crippen LogP contribution is 2.62. The molecule has 23 heteroatoms. The zero-order valence-electron chi connectivity index (χ0n) is 33.9. The van der Waals surface area contributed by atoms with E-state index in [0.717, 1.165) is 23.1 Å². The fourth-order valence-corrected chi connectivity index (χ4v) is 9.26. The molecule has 0 bridgehead atoms. The van der Waals surface area contributed by atoms with Gasteiger partial charge in [-0.05, 0) is 87.3 Å². The first kappa shape index (κ1) is 46.7. The molecule has 3 atom stereocenters. The van der Waals surface area contributed by atoms with Gasteiger partial charge in [-0.15, -0.1) is 0 Å². The number of aliphatic imine (C=N–C) groups is 1. The van der Waals surface area contributed by atoms with E-state index in [0.29, 0.717) is 18.9 Å². The maximum Gasteiger partial charge on any atom is 0.292 e. The van der Waals surface area contributed by atoms with E-state index in [4.69, 9.17) is 17.3 Å². The van der Waals surface area contributed by atoms with Crippen molar-refractivity contribution < 1.29 is 56.8 Å². The first-order valence-electron chi connectivity index (χ1n) is 19.5. The van der Waals surface area contributed by atoms with Gasteiger partial charge >= 0.3 is 0 Å². The molecule has 0 aliphatic heterocycles. The van der Waals surface area contributed by atoms with Crippen molar-refractivity contribution in [3.05, 3.63) is 87.3 Å². The number of hydrogen-bond donors (Lipinski definition) is 3. The van der Waals surface area contributed by atoms with E-state index in [1.165, 1.54) is 38.1 Å². The second kappa shape index (κ2) is 16.9. The average Bonchev–Trinajstić information content (AvgIpc) is 4.11. The number of pyridine rings is 1. The Balaban J connectivity index is 1.42. The summed E-state index contributed by atoms with van der Waals surface area (Å²) in [5.41, 5.74) is 2.21. The maximum absolute atomic E-state index is 15.3. The number of halogens is 9. The lowest BCUT2D eigenvalue weighted by atomic mass is 9.93. The average molecular weight is 960 g/mol. The number of aromatic nitrogens is 3. The second-order valence-electron chi connectivity index (χ2n) is 16.3. The van der Waals surface area contributed by atoms with E-state index in [1.54, 1.807) is 0 Å². The first-order valence-corrected chi connectivity index (χ1v) is 23.3. The Labute approximate surface area is 366 Å². The Hall–Kier alpha value is -5.27. The number of alkyl halides is 6. The van der Waals surface area contributed by atoms with Crippen molar-refractivity contribution >= 4 is 59.8 Å². The fourth-order valence-electron chi connectivity index (χ4n) is 7.45. The van der Waals surface area contributed by atoms with Gasteiger partial charge in [-0.1, -0.05) is 23.6 Å². The normalized spacial score (nSPS) is 20.3. The Morgan fingerprint density at radius 3 is 2.31 bits per heavy atom. The highest BCUT2D eigenvalue weighted by molar-refractivity contribution is 7.93. The van der Waals surface area contributed by atoms with Crippen LogP contribution >= 0.6 is 11.6 Å². The van der Waals surface area contributed by atoms with Gasteiger partial charge in [0.25, 0.3) is 18.8 Å². The number of amides is 1. The van der Waals surface area contributed by atoms with Crippen LogP contribution in [-0.2, 0) is 37.6 Å². The number of nitrogens with two attached hydrogens (primary N) is 1. The summed E-state index contributed by atoms with van der Waals surface area (Å²) in [6.45, 7) is 0.477. The van der Waals surface area contributed by atoms with E-state index < -0.39 is 121 Å². The molecular formula is C41H38ClF8N7O5S2. The zero-order valence-corrected chi connectivity index (χ0v) is 36.3. The molecule has 0 radical (unpaired) electrons. The number of allylic oxidation sites excluding steroid dienone is 2. The minimum Gasteiger partial charge on any atom is -0.397 e. The minimum absolute atomic E-state index is 0.00700. The van der Waals surface area contributed by atoms with E-state index in [9.17, 15) is 48.0 Å². The maximum atomic E-state index is 15.3. The summed E-state index contributed by atoms with van der Waals surface area (Å²) in [6.07, 6.45) is -5.33. The van der Waals surface area contributed by atoms with Crippen LogP contribution < -0.4 is 15.8 Å². The highest BCUT2D eigenvalue weighted by atomic mass is 35.5. The monoisotopic (exact) mass is 959 g/mol. The minimum atomic E-state index is -4.04. The van der Waals surface area contributed by atoms with Crippen molar-refractivity contribution in [1.29, 1.82) is 0 Å². The predicted octanol–water partition coefficient (Wildman–Crippen LogP) is 6.98. The summed E-state index contributed by atoms with van der Waals surface area (Å²) < 4.78 is 168. The molecule has 2 aromatic carbocycles. The molecule has 12 nitrogen and oxygen atoms in total. The van der Waals surface area contributed by atoms with Gasteiger partial charge in [-0.25, -0.2) is 48.2 Å². The lowest BCUT2D eigenvalue weighted by molar-refractivity contribution is -0.120. The van der Waals surface area contributed by atoms with Crippen LogP contribution in [0.4, 0.5) is 40.9 Å². The molecule has 4 aromatic rings. The molecule has 2 aromatic heterocycles. The predicted molar refractivity (Wildman–Crippen MR) is 222 cm³/mol. The van der Waals surface area contributed by atoms with Crippen LogP contribution in [0.25, 0.3) is 22.0 Å². The van der Waals surface area contributed by atoms with Crippen molar-refractivity contribution in [2.75, 3.05) is 17.5 Å². The van der Waals surface area contributed by atoms with E-state index in [1.807, 2.05) is 0 Å². The molecule has 0 unspecified atom stereocenters. The molecule has 1 amide bonds. The molecule has 3 aliphatic carbocycles. The quantitative estimate of drug-likeness (QED) is 0.0896. The fraction of sp³-hybridized carbons (Fsp3) is 0.415. The van der Waals surface area contributed by atoms with Gasteiger partial charge in [-0.3, -0.25) is 19.2 Å². The SMILES string of the molecule is CC(C)(C#Cc1ccc(-c2ccc(Cl)c3c(NS(=O)(=O)C4CC4)nn(CC(F)F)c23)c([C@H](Cc2cc(F)cc(F)c2)NC(=O)CN=C2C(=C(N)C(F)F)[C@H]3C[C@H]3C2(F)F)n1)S(C)(=O)=O. The van der Waals surface area contributed by atoms with E-state index in [2.05, 4.69) is 37.0 Å². The van der Waals surface area contributed by atoms with Crippen molar-refractivity contribution in [3.63, 3.8) is 0 Å². The molecule has 7 rings (SSSR count). The molecule has 342 valence electrons. The lowest BCUT2D eigenvalue weighted by Crippen LogP contribution is -2.35. The molecule has 0 saturated heterocycles. The zero-order chi connectivity index (χ0) is 46.8. The summed E-state index contributed by atoms with van der Waals surface area (Å²) in [7, 11) is -7.83. The van der Waals surface area contributed by atoms with Gasteiger partial charge in [-0.2, -0.15) is 13.9 Å². The molecule has 0 spiro atoms. The van der Waals surface area contributed by atoms with Gasteiger partial charge in [0.15, 0.2) is 15.7 Å². The second-order valence-corrected chi connectivity index (χ2v) is 21.2. The molecule has 2 heterocycles. The van der Waals surface area contributed by atoms with Crippen molar-refractivity contribution in [2.24, 2.45) is 22.6 Å². The van der Waals surface area contributed by atoms with Crippen molar-refractivity contribution in [2.45, 2.75) is 80.9 Å². The van der Waals surface area contributed by atoms with Gasteiger partial charge < -0.3 is 11.1 Å². The Kier molecular flexibility index (Phi) is 12.4. The van der Waals surface area contributed by atoms with Crippen LogP contribution in [0.1, 0.15) is 56.1 Å². The van der Waals surface area contributed by atoms with Gasteiger partial charge in [0, 0.05) is 34.9 Å². The van der Waals surface area contributed by atoms with E-state index >= 15 is 8.78 Å². The highest BCUT2D eigenvalue weighted by Gasteiger charge is 2.67. The number of rotatable bonds is 14. The van der Waals surface area contributed by atoms with Crippen LogP contribution in [0.15, 0.2) is 58.7 Å². The number of anilines is 1. The number of benzene rings is 2. The largest absolute Gasteiger partial charge is 0.397 e. The third-order valence-electron chi connectivity index (χ3n) is 11.1. The van der Waals surface area contributed by atoms with Crippen LogP contribution in [0.5, 0.6) is 0 Å². The number of hydrogen-bond acceptors (Lipinski definition) is 9. The smallest absolute Gasteiger partial charge is 0.292 e. The van der Waals surface area contributed by atoms with Crippen LogP contribution in [0.2, 0.25) is 5.02 Å². The van der Waals surface area contributed by atoms with E-state index in [-0.39, 0.29) is 56.2 Å². The molecule has 64 heavy (non-hydrogen) atoms. The Morgan fingerprint density at radius 1 is 1.05 bits per heavy atom. The van der Waals surface area contributed by atoms with Crippen LogP contribution in [-0.4, -0.2) is 84.8 Å². The lowest BCUT2D eigenvalue weighted by Gasteiger charge is -2.23. The summed E-state index contributed by atoms with van der Waals surface area (Å²) in [4.78, 5) is 22.2. The van der Waals surface area contributed by atoms with Crippen molar-refractivity contribution in [3.8, 4) is 23.0 Å². The summed E-state index contributed by atoms with van der Waals surface area (Å²) in [6, 6.07) is 6.23. The summed E-state index contributed by atoms with van der Waals surface area (Å²) >= 11 is 6.61. The summed E-state index contributed by atoms with van der Waals surface area (Å²) in [5, 5.41) is 5.73. The number of carbonyl (C=O) groups excluding carboxylic acids is 1. The third kappa shape index (κ3) is 9.42. The van der Waals surface area contributed by atoms with Crippen molar-refractivity contribution in [1.82, 2.24) is 20.1 Å². The number of fused-ring (bicyclic) bond motifs is 2. The molecule has 3 fully saturated rings. The number of sulfone groups is 1. The molecule has 3 aliphatic rings. The topological polar surface area (TPSA) is 178 Å². The van der Waals surface area contributed by atoms with Gasteiger partial charge in [0.2, 0.25) is 15.9 Å². The standard InChI is InChI=1S/C41H38ClF8N7O5S2/c1-40(2,63(3,59)60)11-10-22-4-7-24(25-8-9-28(42)33-36(25)57(18-30(45)46)55-39(33)56-64(61,62)23-5-6-23)35(53-22)29(14-19-12-20(43)15-21(44)13-19)54-31(58)17-52-37-32(34(51)38(47)48)26-16-27(26)41(37,49)50/h4,7-9,12-13,15,23,26-27,29-30,38H,5-6,14,16-18,51H2,1-3H3,(H,54,58)(H,55,56)/t26-,27+,29-/m0/s1. The van der Waals surface area contributed by atoms with Gasteiger partial charge in [0.1, 0.15) is 40.9 Å². The number of carbonyl (C=O) groups is 1. The number of nitrogens with one attached hydrogen (secondary N) is 2. The Morgan fingerprint density at radius 2 is 1.70 bits per heavy atom. The third-order valence-corrected chi connectivity index (χ3v) is 15.2.